The zero-order valence-electron chi connectivity index (χ0n) is 12.5. The average molecular weight is 278 g/mol. The second-order valence-electron chi connectivity index (χ2n) is 4.90. The van der Waals surface area contributed by atoms with Crippen LogP contribution in [-0.2, 0) is 0 Å². The van der Waals surface area contributed by atoms with Crippen LogP contribution in [-0.4, -0.2) is 32.1 Å². The molecule has 0 aromatic heterocycles. The quantitative estimate of drug-likeness (QED) is 0.735. The molecule has 0 fully saturated rings. The highest BCUT2D eigenvalue weighted by molar-refractivity contribution is 5.91. The summed E-state index contributed by atoms with van der Waals surface area (Å²) in [4.78, 5) is 15.0. The number of hydrogen-bond acceptors (Lipinski definition) is 1. The van der Waals surface area contributed by atoms with Gasteiger partial charge in [0.05, 0.1) is 0 Å². The number of carbonyl (C=O) groups excluding carboxylic acids is 1. The highest BCUT2D eigenvalue weighted by Crippen LogP contribution is 2.14. The van der Waals surface area contributed by atoms with Gasteiger partial charge in [-0.1, -0.05) is 30.0 Å². The normalized spacial score (nSPS) is 9.48. The number of carbonyl (C=O) groups is 1. The maximum absolute atomic E-state index is 11.9. The van der Waals surface area contributed by atoms with E-state index in [1.807, 2.05) is 54.6 Å². The summed E-state index contributed by atoms with van der Waals surface area (Å²) in [5, 5.41) is 0. The van der Waals surface area contributed by atoms with E-state index >= 15 is 0 Å². The first-order valence-electron chi connectivity index (χ1n) is 6.70. The number of urea groups is 1. The van der Waals surface area contributed by atoms with Crippen molar-refractivity contribution in [2.24, 2.45) is 0 Å². The molecule has 0 aliphatic rings. The number of rotatable bonds is 1. The molecule has 0 spiro atoms. The molecule has 0 unspecified atom stereocenters. The van der Waals surface area contributed by atoms with Crippen molar-refractivity contribution < 1.29 is 4.79 Å². The van der Waals surface area contributed by atoms with E-state index in [0.29, 0.717) is 0 Å². The van der Waals surface area contributed by atoms with E-state index in [1.165, 1.54) is 0 Å². The van der Waals surface area contributed by atoms with Gasteiger partial charge in [0.2, 0.25) is 0 Å². The van der Waals surface area contributed by atoms with Gasteiger partial charge in [-0.2, -0.15) is 0 Å². The predicted molar refractivity (Wildman–Crippen MR) is 86.4 cm³/mol. The number of anilines is 1. The van der Waals surface area contributed by atoms with Gasteiger partial charge >= 0.3 is 6.03 Å². The van der Waals surface area contributed by atoms with Gasteiger partial charge in [-0.05, 0) is 36.4 Å². The number of benzene rings is 2. The van der Waals surface area contributed by atoms with E-state index in [1.54, 1.807) is 30.9 Å². The smallest absolute Gasteiger partial charge is 0.323 e. The lowest BCUT2D eigenvalue weighted by Crippen LogP contribution is -2.36. The van der Waals surface area contributed by atoms with Crippen LogP contribution in [0.25, 0.3) is 0 Å². The van der Waals surface area contributed by atoms with Gasteiger partial charge in [-0.25, -0.2) is 4.79 Å². The zero-order valence-corrected chi connectivity index (χ0v) is 12.5. The Labute approximate surface area is 125 Å². The molecular formula is C18H18N2O. The molecule has 2 amide bonds. The minimum Gasteiger partial charge on any atom is -0.330 e. The van der Waals surface area contributed by atoms with Crippen molar-refractivity contribution in [1.29, 1.82) is 0 Å². The van der Waals surface area contributed by atoms with Gasteiger partial charge in [-0.15, -0.1) is 0 Å². The van der Waals surface area contributed by atoms with Gasteiger partial charge in [0.25, 0.3) is 0 Å². The van der Waals surface area contributed by atoms with Crippen LogP contribution < -0.4 is 4.90 Å². The molecule has 21 heavy (non-hydrogen) atoms. The molecular weight excluding hydrogens is 260 g/mol. The number of nitrogens with zero attached hydrogens (tertiary/aromatic N) is 2. The SMILES string of the molecule is CN(C)C(=O)N(C)c1ccc(C#Cc2ccccc2)cc1. The zero-order chi connectivity index (χ0) is 15.2. The first-order valence-corrected chi connectivity index (χ1v) is 6.70. The van der Waals surface area contributed by atoms with Crippen LogP contribution in [0.5, 0.6) is 0 Å². The van der Waals surface area contributed by atoms with Crippen LogP contribution in [0.4, 0.5) is 10.5 Å². The summed E-state index contributed by atoms with van der Waals surface area (Å²) in [5.74, 6) is 6.23. The third-order valence-corrected chi connectivity index (χ3v) is 3.05. The summed E-state index contributed by atoms with van der Waals surface area (Å²) in [6.07, 6.45) is 0. The molecule has 0 saturated carbocycles. The summed E-state index contributed by atoms with van der Waals surface area (Å²) < 4.78 is 0. The average Bonchev–Trinajstić information content (AvgIpc) is 2.53. The molecule has 106 valence electrons. The van der Waals surface area contributed by atoms with E-state index < -0.39 is 0 Å². The lowest BCUT2D eigenvalue weighted by atomic mass is 10.1. The second kappa shape index (κ2) is 6.62. The van der Waals surface area contributed by atoms with Gasteiger partial charge in [0.1, 0.15) is 0 Å². The van der Waals surface area contributed by atoms with E-state index in [2.05, 4.69) is 11.8 Å². The Morgan fingerprint density at radius 3 is 1.86 bits per heavy atom. The largest absolute Gasteiger partial charge is 0.330 e. The van der Waals surface area contributed by atoms with Gasteiger partial charge in [-0.3, -0.25) is 4.90 Å². The van der Waals surface area contributed by atoms with Crippen molar-refractivity contribution in [2.45, 2.75) is 0 Å². The molecule has 2 rings (SSSR count). The summed E-state index contributed by atoms with van der Waals surface area (Å²) in [6.45, 7) is 0. The summed E-state index contributed by atoms with van der Waals surface area (Å²) >= 11 is 0. The summed E-state index contributed by atoms with van der Waals surface area (Å²) in [6, 6.07) is 17.4. The monoisotopic (exact) mass is 278 g/mol. The Bertz CT molecular complexity index is 664. The number of hydrogen-bond donors (Lipinski definition) is 0. The first kappa shape index (κ1) is 14.7. The highest BCUT2D eigenvalue weighted by atomic mass is 16.2. The molecule has 2 aromatic rings. The molecule has 0 N–H and O–H groups in total. The highest BCUT2D eigenvalue weighted by Gasteiger charge is 2.11. The fourth-order valence-corrected chi connectivity index (χ4v) is 1.84. The molecule has 0 aliphatic carbocycles. The maximum Gasteiger partial charge on any atom is 0.323 e. The Morgan fingerprint density at radius 2 is 1.33 bits per heavy atom. The van der Waals surface area contributed by atoms with E-state index in [0.717, 1.165) is 16.8 Å². The molecule has 0 aliphatic heterocycles. The first-order chi connectivity index (χ1) is 10.1. The molecule has 2 aromatic carbocycles. The molecule has 3 nitrogen and oxygen atoms in total. The lowest BCUT2D eigenvalue weighted by Gasteiger charge is -2.21. The molecule has 0 atom stereocenters. The lowest BCUT2D eigenvalue weighted by molar-refractivity contribution is 0.225. The number of amides is 2. The summed E-state index contributed by atoms with van der Waals surface area (Å²) in [5.41, 5.74) is 2.76. The molecule has 0 radical (unpaired) electrons. The van der Waals surface area contributed by atoms with Crippen LogP contribution in [0.3, 0.4) is 0 Å². The van der Waals surface area contributed by atoms with Crippen molar-refractivity contribution in [3.8, 4) is 11.8 Å². The van der Waals surface area contributed by atoms with Crippen molar-refractivity contribution in [3.05, 3.63) is 65.7 Å². The van der Waals surface area contributed by atoms with Crippen molar-refractivity contribution in [2.75, 3.05) is 26.0 Å². The Hall–Kier alpha value is -2.73. The maximum atomic E-state index is 11.9. The van der Waals surface area contributed by atoms with E-state index in [-0.39, 0.29) is 6.03 Å². The van der Waals surface area contributed by atoms with Crippen LogP contribution in [0.1, 0.15) is 11.1 Å². The minimum atomic E-state index is -0.0573. The molecule has 0 saturated heterocycles. The fourth-order valence-electron chi connectivity index (χ4n) is 1.84. The predicted octanol–water partition coefficient (Wildman–Crippen LogP) is 3.20. The molecule has 0 heterocycles. The van der Waals surface area contributed by atoms with Crippen LogP contribution in [0.2, 0.25) is 0 Å². The molecule has 3 heteroatoms. The van der Waals surface area contributed by atoms with Crippen molar-refractivity contribution in [1.82, 2.24) is 4.90 Å². The second-order valence-corrected chi connectivity index (χ2v) is 4.90. The Balaban J connectivity index is 2.13. The Kier molecular flexibility index (Phi) is 4.63. The fraction of sp³-hybridized carbons (Fsp3) is 0.167. The Morgan fingerprint density at radius 1 is 0.810 bits per heavy atom. The van der Waals surface area contributed by atoms with Crippen LogP contribution in [0.15, 0.2) is 54.6 Å². The third kappa shape index (κ3) is 3.87. The van der Waals surface area contributed by atoms with Crippen molar-refractivity contribution in [3.63, 3.8) is 0 Å². The van der Waals surface area contributed by atoms with E-state index in [4.69, 9.17) is 0 Å². The van der Waals surface area contributed by atoms with Crippen LogP contribution >= 0.6 is 0 Å². The van der Waals surface area contributed by atoms with Gasteiger partial charge in [0.15, 0.2) is 0 Å². The minimum absolute atomic E-state index is 0.0573. The molecule has 0 bridgehead atoms. The van der Waals surface area contributed by atoms with Crippen molar-refractivity contribution >= 4 is 11.7 Å². The third-order valence-electron chi connectivity index (χ3n) is 3.05. The van der Waals surface area contributed by atoms with Gasteiger partial charge < -0.3 is 4.90 Å². The van der Waals surface area contributed by atoms with Gasteiger partial charge in [0, 0.05) is 38.0 Å². The standard InChI is InChI=1S/C18H18N2O/c1-19(2)18(21)20(3)17-13-11-16(12-14-17)10-9-15-7-5-4-6-8-15/h4-8,11-14H,1-3H3. The topological polar surface area (TPSA) is 23.6 Å². The van der Waals surface area contributed by atoms with E-state index in [9.17, 15) is 4.79 Å². The summed E-state index contributed by atoms with van der Waals surface area (Å²) in [7, 11) is 5.23. The van der Waals surface area contributed by atoms with Crippen LogP contribution in [0, 0.1) is 11.8 Å².